The van der Waals surface area contributed by atoms with Gasteiger partial charge < -0.3 is 14.7 Å². The van der Waals surface area contributed by atoms with Crippen molar-refractivity contribution >= 4 is 17.4 Å². The first-order valence-electron chi connectivity index (χ1n) is 7.60. The predicted molar refractivity (Wildman–Crippen MR) is 88.4 cm³/mol. The van der Waals surface area contributed by atoms with Crippen molar-refractivity contribution in [2.45, 2.75) is 12.5 Å². The molecule has 7 nitrogen and oxygen atoms in total. The summed E-state index contributed by atoms with van der Waals surface area (Å²) >= 11 is 1.63. The molecule has 1 aliphatic rings. The molecule has 24 heavy (non-hydrogen) atoms. The van der Waals surface area contributed by atoms with Crippen LogP contribution in [0.1, 0.15) is 16.7 Å². The molecule has 4 heterocycles. The zero-order valence-electron chi connectivity index (χ0n) is 12.8. The molecule has 0 saturated carbocycles. The summed E-state index contributed by atoms with van der Waals surface area (Å²) in [7, 11) is 0. The number of amides is 2. The van der Waals surface area contributed by atoms with Crippen LogP contribution in [0.3, 0.4) is 0 Å². The van der Waals surface area contributed by atoms with Crippen molar-refractivity contribution in [2.75, 3.05) is 13.1 Å². The van der Waals surface area contributed by atoms with Crippen LogP contribution in [0.4, 0.5) is 4.79 Å². The molecule has 0 atom stereocenters. The number of pyridine rings is 1. The maximum absolute atomic E-state index is 12.1. The molecule has 2 amide bonds. The second-order valence-electron chi connectivity index (χ2n) is 5.51. The normalized spacial score (nSPS) is 14.4. The molecule has 4 rings (SSSR count). The highest BCUT2D eigenvalue weighted by Gasteiger charge is 2.35. The molecule has 0 aliphatic carbocycles. The first-order chi connectivity index (χ1) is 11.8. The summed E-state index contributed by atoms with van der Waals surface area (Å²) < 4.78 is 5.31. The number of rotatable bonds is 4. The summed E-state index contributed by atoms with van der Waals surface area (Å²) in [5.74, 6) is 1.12. The fraction of sp³-hybridized carbons (Fsp3) is 0.250. The van der Waals surface area contributed by atoms with Crippen LogP contribution in [0.15, 0.2) is 46.4 Å². The molecule has 3 aromatic heterocycles. The second kappa shape index (κ2) is 6.40. The fourth-order valence-corrected chi connectivity index (χ4v) is 3.13. The number of hydrogen-bond donors (Lipinski definition) is 1. The van der Waals surface area contributed by atoms with E-state index in [2.05, 4.69) is 20.4 Å². The number of likely N-dealkylation sites (tertiary alicyclic amines) is 1. The molecule has 8 heteroatoms. The van der Waals surface area contributed by atoms with E-state index in [0.29, 0.717) is 37.0 Å². The molecule has 0 unspecified atom stereocenters. The highest BCUT2D eigenvalue weighted by atomic mass is 32.1. The molecule has 0 radical (unpaired) electrons. The van der Waals surface area contributed by atoms with E-state index in [0.717, 1.165) is 4.88 Å². The van der Waals surface area contributed by atoms with Crippen molar-refractivity contribution in [1.29, 1.82) is 0 Å². The molecule has 1 N–H and O–H groups in total. The van der Waals surface area contributed by atoms with Crippen LogP contribution in [0.25, 0.3) is 11.5 Å². The third kappa shape index (κ3) is 3.00. The first kappa shape index (κ1) is 14.8. The molecular formula is C16H15N5O2S. The Morgan fingerprint density at radius 3 is 3.00 bits per heavy atom. The Balaban J connectivity index is 1.31. The van der Waals surface area contributed by atoms with Gasteiger partial charge in [0.25, 0.3) is 0 Å². The van der Waals surface area contributed by atoms with Gasteiger partial charge in [-0.05, 0) is 23.6 Å². The summed E-state index contributed by atoms with van der Waals surface area (Å²) in [4.78, 5) is 23.5. The Hall–Kier alpha value is -2.74. The number of aromatic nitrogens is 3. The van der Waals surface area contributed by atoms with E-state index >= 15 is 0 Å². The number of carbonyl (C=O) groups excluding carboxylic acids is 1. The number of nitrogens with zero attached hydrogens (tertiary/aromatic N) is 4. The van der Waals surface area contributed by atoms with Crippen molar-refractivity contribution in [2.24, 2.45) is 0 Å². The Morgan fingerprint density at radius 2 is 2.25 bits per heavy atom. The van der Waals surface area contributed by atoms with E-state index in [1.54, 1.807) is 22.4 Å². The van der Waals surface area contributed by atoms with Crippen molar-refractivity contribution in [3.05, 3.63) is 52.7 Å². The minimum atomic E-state index is -0.0656. The van der Waals surface area contributed by atoms with Crippen LogP contribution in [-0.4, -0.2) is 39.1 Å². The van der Waals surface area contributed by atoms with Crippen molar-refractivity contribution in [3.8, 4) is 11.5 Å². The summed E-state index contributed by atoms with van der Waals surface area (Å²) in [6.07, 6.45) is 1.69. The predicted octanol–water partition coefficient (Wildman–Crippen LogP) is 2.50. The lowest BCUT2D eigenvalue weighted by Crippen LogP contribution is -2.52. The number of nitrogens with one attached hydrogen (secondary N) is 1. The van der Waals surface area contributed by atoms with Gasteiger partial charge in [-0.25, -0.2) is 4.79 Å². The van der Waals surface area contributed by atoms with E-state index in [-0.39, 0.29) is 11.9 Å². The average Bonchev–Trinajstić information content (AvgIpc) is 3.24. The van der Waals surface area contributed by atoms with Crippen LogP contribution < -0.4 is 5.32 Å². The van der Waals surface area contributed by atoms with E-state index in [4.69, 9.17) is 4.52 Å². The number of thiophene rings is 1. The van der Waals surface area contributed by atoms with Gasteiger partial charge in [0.2, 0.25) is 11.7 Å². The summed E-state index contributed by atoms with van der Waals surface area (Å²) in [6.45, 7) is 1.72. The highest BCUT2D eigenvalue weighted by molar-refractivity contribution is 7.09. The van der Waals surface area contributed by atoms with E-state index in [1.807, 2.05) is 35.7 Å². The van der Waals surface area contributed by atoms with Crippen molar-refractivity contribution < 1.29 is 9.32 Å². The first-order valence-corrected chi connectivity index (χ1v) is 8.48. The fourth-order valence-electron chi connectivity index (χ4n) is 2.49. The van der Waals surface area contributed by atoms with Crippen LogP contribution in [-0.2, 0) is 6.54 Å². The zero-order chi connectivity index (χ0) is 16.4. The van der Waals surface area contributed by atoms with Gasteiger partial charge in [0, 0.05) is 24.2 Å². The molecule has 0 bridgehead atoms. The van der Waals surface area contributed by atoms with Gasteiger partial charge in [0.1, 0.15) is 5.69 Å². The minimum absolute atomic E-state index is 0.0656. The highest BCUT2D eigenvalue weighted by Crippen LogP contribution is 2.27. The van der Waals surface area contributed by atoms with Gasteiger partial charge >= 0.3 is 6.03 Å². The summed E-state index contributed by atoms with van der Waals surface area (Å²) in [5, 5.41) is 8.87. The van der Waals surface area contributed by atoms with E-state index in [1.165, 1.54) is 0 Å². The Bertz CT molecular complexity index is 812. The number of carbonyl (C=O) groups is 1. The van der Waals surface area contributed by atoms with Crippen molar-refractivity contribution in [1.82, 2.24) is 25.3 Å². The van der Waals surface area contributed by atoms with Crippen LogP contribution >= 0.6 is 11.3 Å². The second-order valence-corrected chi connectivity index (χ2v) is 6.54. The Labute approximate surface area is 142 Å². The SMILES string of the molecule is O=C(NCc1cccs1)N1CC(c2nc(-c3ccccn3)no2)C1. The Kier molecular flexibility index (Phi) is 3.96. The van der Waals surface area contributed by atoms with Crippen LogP contribution in [0, 0.1) is 0 Å². The maximum Gasteiger partial charge on any atom is 0.317 e. The lowest BCUT2D eigenvalue weighted by Gasteiger charge is -2.36. The van der Waals surface area contributed by atoms with E-state index < -0.39 is 0 Å². The molecule has 122 valence electrons. The van der Waals surface area contributed by atoms with E-state index in [9.17, 15) is 4.79 Å². The quantitative estimate of drug-likeness (QED) is 0.788. The van der Waals surface area contributed by atoms with Gasteiger partial charge in [0.05, 0.1) is 12.5 Å². The maximum atomic E-state index is 12.1. The summed E-state index contributed by atoms with van der Waals surface area (Å²) in [6, 6.07) is 9.45. The molecule has 0 spiro atoms. The van der Waals surface area contributed by atoms with Crippen LogP contribution in [0.5, 0.6) is 0 Å². The molecule has 0 aromatic carbocycles. The average molecular weight is 341 g/mol. The minimum Gasteiger partial charge on any atom is -0.338 e. The topological polar surface area (TPSA) is 84.2 Å². The van der Waals surface area contributed by atoms with Gasteiger partial charge in [-0.15, -0.1) is 11.3 Å². The molecular weight excluding hydrogens is 326 g/mol. The molecule has 1 fully saturated rings. The molecule has 1 aliphatic heterocycles. The van der Waals surface area contributed by atoms with Gasteiger partial charge in [-0.2, -0.15) is 4.98 Å². The van der Waals surface area contributed by atoms with Crippen LogP contribution in [0.2, 0.25) is 0 Å². The lowest BCUT2D eigenvalue weighted by molar-refractivity contribution is 0.136. The van der Waals surface area contributed by atoms with Crippen molar-refractivity contribution in [3.63, 3.8) is 0 Å². The third-order valence-corrected chi connectivity index (χ3v) is 4.72. The molecule has 1 saturated heterocycles. The van der Waals surface area contributed by atoms with Gasteiger partial charge in [0.15, 0.2) is 0 Å². The smallest absolute Gasteiger partial charge is 0.317 e. The standard InChI is InChI=1S/C16H15N5O2S/c22-16(18-8-12-4-3-7-24-12)21-9-11(10-21)15-19-14(20-23-15)13-5-1-2-6-17-13/h1-7,11H,8-10H2,(H,18,22). The number of urea groups is 1. The van der Waals surface area contributed by atoms with Gasteiger partial charge in [-0.1, -0.05) is 17.3 Å². The number of hydrogen-bond acceptors (Lipinski definition) is 6. The van der Waals surface area contributed by atoms with Gasteiger partial charge in [-0.3, -0.25) is 4.98 Å². The lowest BCUT2D eigenvalue weighted by atomic mass is 10.0. The third-order valence-electron chi connectivity index (χ3n) is 3.85. The molecule has 3 aromatic rings. The Morgan fingerprint density at radius 1 is 1.33 bits per heavy atom. The summed E-state index contributed by atoms with van der Waals surface area (Å²) in [5.41, 5.74) is 0.678. The largest absolute Gasteiger partial charge is 0.338 e. The zero-order valence-corrected chi connectivity index (χ0v) is 13.6. The monoisotopic (exact) mass is 341 g/mol.